The molecule has 0 fully saturated rings. The summed E-state index contributed by atoms with van der Waals surface area (Å²) >= 11 is 0. The van der Waals surface area contributed by atoms with Gasteiger partial charge in [-0.3, -0.25) is 4.79 Å². The maximum atomic E-state index is 13.1. The molecule has 1 aliphatic carbocycles. The third-order valence-corrected chi connectivity index (χ3v) is 8.54. The smallest absolute Gasteiger partial charge is 0.203 e. The molecule has 0 N–H and O–H groups in total. The fourth-order valence-electron chi connectivity index (χ4n) is 3.50. The molecule has 1 aliphatic heterocycles. The predicted molar refractivity (Wildman–Crippen MR) is 96.1 cm³/mol. The van der Waals surface area contributed by atoms with Crippen molar-refractivity contribution in [2.24, 2.45) is 0 Å². The quantitative estimate of drug-likeness (QED) is 0.774. The number of sulfone groups is 1. The van der Waals surface area contributed by atoms with Gasteiger partial charge in [-0.15, -0.1) is 0 Å². The monoisotopic (exact) mass is 362 g/mol. The van der Waals surface area contributed by atoms with E-state index in [9.17, 15) is 13.2 Å². The lowest BCUT2D eigenvalue weighted by Gasteiger charge is -2.19. The van der Waals surface area contributed by atoms with Crippen molar-refractivity contribution < 1.29 is 17.9 Å². The molecule has 6 heteroatoms. The van der Waals surface area contributed by atoms with Gasteiger partial charge in [-0.25, -0.2) is 8.42 Å². The lowest BCUT2D eigenvalue weighted by molar-refractivity contribution is -0.114. The SMILES string of the molecule is C[Si](C)(C)C1=C2COCCC(S(=O)(=O)c3ccccc3)=C2CC1=O. The molecule has 0 saturated heterocycles. The minimum atomic E-state index is -3.60. The third-order valence-electron chi connectivity index (χ3n) is 4.47. The number of carbonyl (C=O) groups excluding carboxylic acids is 1. The summed E-state index contributed by atoms with van der Waals surface area (Å²) in [4.78, 5) is 13.2. The summed E-state index contributed by atoms with van der Waals surface area (Å²) in [6, 6.07) is 8.44. The lowest BCUT2D eigenvalue weighted by atomic mass is 10.1. The minimum absolute atomic E-state index is 0.0745. The van der Waals surface area contributed by atoms with Crippen molar-refractivity contribution in [3.8, 4) is 0 Å². The van der Waals surface area contributed by atoms with Crippen molar-refractivity contribution in [2.45, 2.75) is 37.4 Å². The van der Waals surface area contributed by atoms with Crippen molar-refractivity contribution in [2.75, 3.05) is 13.2 Å². The number of ether oxygens (including phenoxy) is 1. The molecule has 0 atom stereocenters. The normalized spacial score (nSPS) is 19.5. The zero-order chi connectivity index (χ0) is 17.5. The highest BCUT2D eigenvalue weighted by Gasteiger charge is 2.40. The molecule has 24 heavy (non-hydrogen) atoms. The van der Waals surface area contributed by atoms with Gasteiger partial charge in [0, 0.05) is 12.8 Å². The van der Waals surface area contributed by atoms with Crippen molar-refractivity contribution in [3.63, 3.8) is 0 Å². The Bertz CT molecular complexity index is 843. The fraction of sp³-hybridized carbons (Fsp3) is 0.389. The first-order chi connectivity index (χ1) is 11.2. The summed E-state index contributed by atoms with van der Waals surface area (Å²) in [6.45, 7) is 7.06. The highest BCUT2D eigenvalue weighted by molar-refractivity contribution is 7.95. The molecular formula is C18H22O4SSi. The van der Waals surface area contributed by atoms with Gasteiger partial charge in [-0.05, 0) is 28.5 Å². The molecule has 2 aliphatic rings. The number of hydrogen-bond acceptors (Lipinski definition) is 4. The molecule has 1 aromatic carbocycles. The van der Waals surface area contributed by atoms with Gasteiger partial charge < -0.3 is 4.74 Å². The first-order valence-electron chi connectivity index (χ1n) is 8.10. The van der Waals surface area contributed by atoms with E-state index in [4.69, 9.17) is 4.74 Å². The standard InChI is InChI=1S/C18H22O4SSi/c1-24(2,3)18-15-12-22-10-9-17(14(15)11-16(18)19)23(20,21)13-7-5-4-6-8-13/h4-8H,9-12H2,1-3H3. The van der Waals surface area contributed by atoms with Gasteiger partial charge in [-0.2, -0.15) is 0 Å². The summed E-state index contributed by atoms with van der Waals surface area (Å²) in [6.07, 6.45) is 0.516. The Hall–Kier alpha value is -1.50. The van der Waals surface area contributed by atoms with E-state index in [2.05, 4.69) is 19.6 Å². The van der Waals surface area contributed by atoms with Crippen LogP contribution in [0.15, 0.2) is 56.5 Å². The van der Waals surface area contributed by atoms with Gasteiger partial charge in [-0.1, -0.05) is 37.8 Å². The molecule has 3 rings (SSSR count). The van der Waals surface area contributed by atoms with Crippen LogP contribution in [0, 0.1) is 0 Å². The van der Waals surface area contributed by atoms with Crippen LogP contribution in [-0.2, 0) is 19.4 Å². The molecule has 4 nitrogen and oxygen atoms in total. The van der Waals surface area contributed by atoms with Crippen molar-refractivity contribution >= 4 is 23.7 Å². The maximum absolute atomic E-state index is 13.1. The van der Waals surface area contributed by atoms with Crippen LogP contribution in [0.5, 0.6) is 0 Å². The Labute approximate surface area is 144 Å². The second-order valence-corrected chi connectivity index (χ2v) is 14.2. The Morgan fingerprint density at radius 1 is 1.04 bits per heavy atom. The van der Waals surface area contributed by atoms with Crippen LogP contribution in [0.25, 0.3) is 0 Å². The first kappa shape index (κ1) is 17.3. The van der Waals surface area contributed by atoms with Gasteiger partial charge in [0.2, 0.25) is 9.84 Å². The number of rotatable bonds is 3. The predicted octanol–water partition coefficient (Wildman–Crippen LogP) is 3.28. The summed E-state index contributed by atoms with van der Waals surface area (Å²) in [5.74, 6) is 0.0745. The number of allylic oxidation sites excluding steroid dienone is 1. The highest BCUT2D eigenvalue weighted by Crippen LogP contribution is 2.41. The zero-order valence-corrected chi connectivity index (χ0v) is 16.1. The largest absolute Gasteiger partial charge is 0.376 e. The highest BCUT2D eigenvalue weighted by atomic mass is 32.2. The van der Waals surface area contributed by atoms with E-state index in [1.165, 1.54) is 0 Å². The molecule has 0 aromatic heterocycles. The van der Waals surface area contributed by atoms with E-state index in [1.807, 2.05) is 0 Å². The third kappa shape index (κ3) is 2.94. The Morgan fingerprint density at radius 3 is 2.33 bits per heavy atom. The zero-order valence-electron chi connectivity index (χ0n) is 14.3. The number of hydrogen-bond donors (Lipinski definition) is 0. The second kappa shape index (κ2) is 6.09. The number of benzene rings is 1. The molecule has 0 bridgehead atoms. The molecule has 0 spiro atoms. The minimum Gasteiger partial charge on any atom is -0.376 e. The molecular weight excluding hydrogens is 340 g/mol. The van der Waals surface area contributed by atoms with Crippen LogP contribution in [0.1, 0.15) is 12.8 Å². The lowest BCUT2D eigenvalue weighted by Crippen LogP contribution is -2.29. The topological polar surface area (TPSA) is 60.4 Å². The van der Waals surface area contributed by atoms with Crippen LogP contribution >= 0.6 is 0 Å². The Morgan fingerprint density at radius 2 is 1.71 bits per heavy atom. The van der Waals surface area contributed by atoms with Gasteiger partial charge in [0.15, 0.2) is 5.78 Å². The van der Waals surface area contributed by atoms with E-state index >= 15 is 0 Å². The van der Waals surface area contributed by atoms with E-state index in [1.54, 1.807) is 30.3 Å². The number of ketones is 1. The average molecular weight is 363 g/mol. The van der Waals surface area contributed by atoms with Crippen LogP contribution in [0.4, 0.5) is 0 Å². The second-order valence-electron chi connectivity index (χ2n) is 7.22. The molecule has 0 saturated carbocycles. The van der Waals surface area contributed by atoms with Crippen molar-refractivity contribution in [1.29, 1.82) is 0 Å². The molecule has 1 heterocycles. The first-order valence-corrected chi connectivity index (χ1v) is 13.1. The maximum Gasteiger partial charge on any atom is 0.203 e. The van der Waals surface area contributed by atoms with E-state index < -0.39 is 17.9 Å². The molecule has 1 aromatic rings. The van der Waals surface area contributed by atoms with Crippen LogP contribution < -0.4 is 0 Å². The molecule has 0 unspecified atom stereocenters. The van der Waals surface area contributed by atoms with Crippen molar-refractivity contribution in [1.82, 2.24) is 0 Å². The summed E-state index contributed by atoms with van der Waals surface area (Å²) < 4.78 is 31.9. The van der Waals surface area contributed by atoms with E-state index in [0.29, 0.717) is 30.1 Å². The fourth-order valence-corrected chi connectivity index (χ4v) is 7.23. The van der Waals surface area contributed by atoms with E-state index in [0.717, 1.165) is 10.8 Å². The molecule has 0 radical (unpaired) electrons. The summed E-state index contributed by atoms with van der Waals surface area (Å²) in [7, 11) is -5.47. The van der Waals surface area contributed by atoms with Crippen LogP contribution in [0.2, 0.25) is 19.6 Å². The molecule has 128 valence electrons. The Kier molecular flexibility index (Phi) is 4.40. The van der Waals surface area contributed by atoms with Crippen molar-refractivity contribution in [3.05, 3.63) is 51.6 Å². The number of fused-ring (bicyclic) bond motifs is 1. The summed E-state index contributed by atoms with van der Waals surface area (Å²) in [5.41, 5.74) is 1.53. The summed E-state index contributed by atoms with van der Waals surface area (Å²) in [5, 5.41) is 0.847. The van der Waals surface area contributed by atoms with Gasteiger partial charge in [0.25, 0.3) is 0 Å². The van der Waals surface area contributed by atoms with E-state index in [-0.39, 0.29) is 17.1 Å². The molecule has 0 amide bonds. The Balaban J connectivity index is 2.23. The van der Waals surface area contributed by atoms with Gasteiger partial charge >= 0.3 is 0 Å². The number of carbonyl (C=O) groups is 1. The van der Waals surface area contributed by atoms with Gasteiger partial charge in [0.05, 0.1) is 31.1 Å². The van der Waals surface area contributed by atoms with Gasteiger partial charge in [0.1, 0.15) is 0 Å². The average Bonchev–Trinajstić information content (AvgIpc) is 2.70. The van der Waals surface area contributed by atoms with Crippen LogP contribution in [-0.4, -0.2) is 35.5 Å². The van der Waals surface area contributed by atoms with Crippen LogP contribution in [0.3, 0.4) is 0 Å². The number of Topliss-reactive ketones (excluding diaryl/α,β-unsaturated/α-hetero) is 1.